The Bertz CT molecular complexity index is 230. The summed E-state index contributed by atoms with van der Waals surface area (Å²) in [5, 5.41) is 25.9. The van der Waals surface area contributed by atoms with Crippen LogP contribution in [0, 0.1) is 5.92 Å². The van der Waals surface area contributed by atoms with Gasteiger partial charge in [-0.15, -0.1) is 0 Å². The zero-order chi connectivity index (χ0) is 14.2. The van der Waals surface area contributed by atoms with Crippen molar-refractivity contribution in [2.24, 2.45) is 5.92 Å². The van der Waals surface area contributed by atoms with Gasteiger partial charge in [0.1, 0.15) is 0 Å². The number of carbonyl (C=O) groups is 1. The van der Waals surface area contributed by atoms with Crippen LogP contribution in [0.25, 0.3) is 0 Å². The van der Waals surface area contributed by atoms with Gasteiger partial charge in [0.25, 0.3) is 0 Å². The summed E-state index contributed by atoms with van der Waals surface area (Å²) in [6.07, 6.45) is 1.06. The lowest BCUT2D eigenvalue weighted by Crippen LogP contribution is -2.20. The van der Waals surface area contributed by atoms with E-state index in [9.17, 15) is 4.79 Å². The van der Waals surface area contributed by atoms with E-state index < -0.39 is 11.9 Å². The van der Waals surface area contributed by atoms with Crippen LogP contribution >= 0.6 is 23.5 Å². The fraction of sp³-hybridized carbons (Fsp3) is 0.800. The highest BCUT2D eigenvalue weighted by molar-refractivity contribution is 8.02. The van der Waals surface area contributed by atoms with Crippen molar-refractivity contribution in [3.8, 4) is 0 Å². The number of aliphatic hydroxyl groups excluding tert-OH is 2. The van der Waals surface area contributed by atoms with E-state index in [1.165, 1.54) is 0 Å². The number of hydrogen-bond donors (Lipinski definition) is 3. The number of aliphatic hydroxyl groups is 2. The van der Waals surface area contributed by atoms with Gasteiger partial charge < -0.3 is 15.3 Å². The minimum atomic E-state index is -0.932. The van der Waals surface area contributed by atoms with Crippen LogP contribution in [0.15, 0.2) is 0 Å². The van der Waals surface area contributed by atoms with Crippen molar-refractivity contribution < 1.29 is 29.7 Å². The Balaban J connectivity index is 0. The molecule has 0 amide bonds. The normalized spacial score (nSPS) is 11.0. The van der Waals surface area contributed by atoms with Crippen molar-refractivity contribution in [2.45, 2.75) is 6.42 Å². The Morgan fingerprint density at radius 1 is 1.11 bits per heavy atom. The van der Waals surface area contributed by atoms with Crippen molar-refractivity contribution in [3.63, 3.8) is 0 Å². The molecule has 0 saturated carbocycles. The third-order valence-electron chi connectivity index (χ3n) is 1.71. The maximum atomic E-state index is 10.5. The van der Waals surface area contributed by atoms with Gasteiger partial charge in [-0.05, 0) is 12.2 Å². The summed E-state index contributed by atoms with van der Waals surface area (Å²) < 4.78 is 0. The second-order valence-corrected chi connectivity index (χ2v) is 5.44. The SMILES string of the molecule is O=C(O)C(CO)CSCCSCCCO.O=C=O. The summed E-state index contributed by atoms with van der Waals surface area (Å²) in [5.41, 5.74) is 0. The zero-order valence-electron chi connectivity index (χ0n) is 9.91. The van der Waals surface area contributed by atoms with Crippen LogP contribution in [0.2, 0.25) is 0 Å². The van der Waals surface area contributed by atoms with Crippen molar-refractivity contribution in [1.82, 2.24) is 0 Å². The van der Waals surface area contributed by atoms with E-state index in [-0.39, 0.29) is 19.4 Å². The largest absolute Gasteiger partial charge is 0.481 e. The summed E-state index contributed by atoms with van der Waals surface area (Å²) in [6, 6.07) is 0. The minimum absolute atomic E-state index is 0.228. The van der Waals surface area contributed by atoms with Gasteiger partial charge in [-0.1, -0.05) is 0 Å². The quantitative estimate of drug-likeness (QED) is 0.481. The van der Waals surface area contributed by atoms with Crippen molar-refractivity contribution in [2.75, 3.05) is 36.2 Å². The number of thioether (sulfide) groups is 2. The third kappa shape index (κ3) is 15.5. The van der Waals surface area contributed by atoms with Gasteiger partial charge in [0.15, 0.2) is 0 Å². The average Bonchev–Trinajstić information content (AvgIpc) is 2.33. The molecule has 0 spiro atoms. The van der Waals surface area contributed by atoms with Crippen LogP contribution in [0.1, 0.15) is 6.42 Å². The summed E-state index contributed by atoms with van der Waals surface area (Å²) in [5.74, 6) is 1.68. The van der Waals surface area contributed by atoms with E-state index in [0.29, 0.717) is 5.75 Å². The van der Waals surface area contributed by atoms with Gasteiger partial charge >= 0.3 is 12.1 Å². The molecule has 3 N–H and O–H groups in total. The van der Waals surface area contributed by atoms with E-state index in [0.717, 1.165) is 23.7 Å². The first-order chi connectivity index (χ1) is 8.63. The number of carboxylic acids is 1. The van der Waals surface area contributed by atoms with Crippen LogP contribution < -0.4 is 0 Å². The summed E-state index contributed by atoms with van der Waals surface area (Å²) in [6.45, 7) is -0.0638. The fourth-order valence-electron chi connectivity index (χ4n) is 0.814. The lowest BCUT2D eigenvalue weighted by atomic mass is 10.2. The molecule has 6 nitrogen and oxygen atoms in total. The first-order valence-corrected chi connectivity index (χ1v) is 7.54. The summed E-state index contributed by atoms with van der Waals surface area (Å²) in [4.78, 5) is 26.8. The molecule has 0 radical (unpaired) electrons. The molecule has 0 rings (SSSR count). The summed E-state index contributed by atoms with van der Waals surface area (Å²) in [7, 11) is 0. The molecule has 0 aliphatic heterocycles. The Morgan fingerprint density at radius 2 is 1.67 bits per heavy atom. The Hall–Kier alpha value is -0.530. The predicted molar refractivity (Wildman–Crippen MR) is 69.6 cm³/mol. The average molecular weight is 298 g/mol. The van der Waals surface area contributed by atoms with E-state index in [1.807, 2.05) is 0 Å². The molecule has 8 heteroatoms. The molecule has 18 heavy (non-hydrogen) atoms. The molecule has 0 saturated heterocycles. The third-order valence-corrected chi connectivity index (χ3v) is 4.17. The number of aliphatic carboxylic acids is 1. The maximum Gasteiger partial charge on any atom is 0.373 e. The van der Waals surface area contributed by atoms with Crippen LogP contribution in [0.4, 0.5) is 0 Å². The second-order valence-electron chi connectivity index (χ2n) is 3.07. The molecule has 1 unspecified atom stereocenters. The van der Waals surface area contributed by atoms with Gasteiger partial charge in [-0.2, -0.15) is 33.1 Å². The van der Waals surface area contributed by atoms with Gasteiger partial charge in [0.2, 0.25) is 0 Å². The lowest BCUT2D eigenvalue weighted by molar-refractivity contribution is -0.191. The molecule has 1 atom stereocenters. The summed E-state index contributed by atoms with van der Waals surface area (Å²) >= 11 is 3.30. The monoisotopic (exact) mass is 298 g/mol. The number of carboxylic acid groups (broad SMARTS) is 1. The molecule has 106 valence electrons. The minimum Gasteiger partial charge on any atom is -0.481 e. The Labute approximate surface area is 114 Å². The molecular formula is C10H18O6S2. The van der Waals surface area contributed by atoms with Crippen LogP contribution in [0.3, 0.4) is 0 Å². The highest BCUT2D eigenvalue weighted by Crippen LogP contribution is 2.12. The van der Waals surface area contributed by atoms with E-state index in [1.54, 1.807) is 23.5 Å². The number of rotatable bonds is 10. The smallest absolute Gasteiger partial charge is 0.373 e. The maximum absolute atomic E-state index is 10.5. The van der Waals surface area contributed by atoms with Crippen LogP contribution in [-0.2, 0) is 14.4 Å². The molecule has 0 heterocycles. The first-order valence-electron chi connectivity index (χ1n) is 5.23. The predicted octanol–water partition coefficient (Wildman–Crippen LogP) is -0.0552. The standard InChI is InChI=1S/C9H18O4S2.CO2/c10-2-1-3-14-4-5-15-7-8(6-11)9(12)13;2-1-3/h8,10-11H,1-7H2,(H,12,13);. The number of hydrogen-bond acceptors (Lipinski definition) is 7. The van der Waals surface area contributed by atoms with Gasteiger partial charge in [-0.25, -0.2) is 0 Å². The molecule has 0 aliphatic carbocycles. The molecule has 0 aliphatic rings. The fourth-order valence-corrected chi connectivity index (χ4v) is 2.99. The van der Waals surface area contributed by atoms with Crippen molar-refractivity contribution >= 4 is 35.6 Å². The molecule has 0 fully saturated rings. The van der Waals surface area contributed by atoms with Gasteiger partial charge in [-0.3, -0.25) is 4.79 Å². The zero-order valence-corrected chi connectivity index (χ0v) is 11.5. The topological polar surface area (TPSA) is 112 Å². The molecular weight excluding hydrogens is 280 g/mol. The Kier molecular flexibility index (Phi) is 18.1. The van der Waals surface area contributed by atoms with E-state index in [4.69, 9.17) is 24.9 Å². The van der Waals surface area contributed by atoms with E-state index >= 15 is 0 Å². The first kappa shape index (κ1) is 19.8. The van der Waals surface area contributed by atoms with E-state index in [2.05, 4.69) is 0 Å². The van der Waals surface area contributed by atoms with Crippen LogP contribution in [-0.4, -0.2) is 63.7 Å². The van der Waals surface area contributed by atoms with Gasteiger partial charge in [0.05, 0.1) is 12.5 Å². The van der Waals surface area contributed by atoms with Crippen molar-refractivity contribution in [3.05, 3.63) is 0 Å². The number of carbonyl (C=O) groups excluding carboxylic acids is 2. The molecule has 0 aromatic heterocycles. The van der Waals surface area contributed by atoms with Gasteiger partial charge in [0, 0.05) is 23.9 Å². The van der Waals surface area contributed by atoms with Crippen molar-refractivity contribution in [1.29, 1.82) is 0 Å². The highest BCUT2D eigenvalue weighted by Gasteiger charge is 2.15. The Morgan fingerprint density at radius 3 is 2.11 bits per heavy atom. The lowest BCUT2D eigenvalue weighted by Gasteiger charge is -2.07. The highest BCUT2D eigenvalue weighted by atomic mass is 32.2. The second kappa shape index (κ2) is 16.5. The van der Waals surface area contributed by atoms with Crippen LogP contribution in [0.5, 0.6) is 0 Å². The molecule has 0 aromatic carbocycles. The molecule has 0 aromatic rings. The molecule has 0 bridgehead atoms.